The largest absolute Gasteiger partial charge is 0.328 e. The predicted octanol–water partition coefficient (Wildman–Crippen LogP) is 0.323. The zero-order valence-corrected chi connectivity index (χ0v) is 6.91. The van der Waals surface area contributed by atoms with Crippen molar-refractivity contribution in [1.82, 2.24) is 9.96 Å². The molecule has 0 saturated carbocycles. The molecule has 0 aliphatic heterocycles. The third-order valence-corrected chi connectivity index (χ3v) is 3.31. The lowest BCUT2D eigenvalue weighted by atomic mass is 10.6. The summed E-state index contributed by atoms with van der Waals surface area (Å²) in [4.78, 5) is 6.49. The lowest BCUT2D eigenvalue weighted by Gasteiger charge is -2.08. The molecular formula is C5H15N2Si. The minimum atomic E-state index is -0.374. The van der Waals surface area contributed by atoms with Crippen LogP contribution in [0.25, 0.3) is 0 Å². The molecule has 0 aromatic rings. The molecule has 0 rings (SSSR count). The fourth-order valence-electron chi connectivity index (χ4n) is 0.625. The number of nitrogens with one attached hydrogen (secondary N) is 2. The Labute approximate surface area is 53.4 Å². The van der Waals surface area contributed by atoms with Gasteiger partial charge in [0.1, 0.15) is 0 Å². The van der Waals surface area contributed by atoms with Crippen molar-refractivity contribution in [2.45, 2.75) is 19.4 Å². The number of hydrogen-bond acceptors (Lipinski definition) is 2. The van der Waals surface area contributed by atoms with E-state index < -0.39 is 0 Å². The van der Waals surface area contributed by atoms with E-state index in [1.807, 2.05) is 14.1 Å². The summed E-state index contributed by atoms with van der Waals surface area (Å²) >= 11 is 0. The van der Waals surface area contributed by atoms with Gasteiger partial charge in [-0.2, -0.15) is 0 Å². The van der Waals surface area contributed by atoms with Crippen LogP contribution in [0.15, 0.2) is 0 Å². The van der Waals surface area contributed by atoms with Crippen LogP contribution in [0.2, 0.25) is 6.04 Å². The van der Waals surface area contributed by atoms with E-state index in [9.17, 15) is 0 Å². The summed E-state index contributed by atoms with van der Waals surface area (Å²) < 4.78 is 0. The van der Waals surface area contributed by atoms with E-state index in [4.69, 9.17) is 0 Å². The normalized spacial score (nSPS) is 10.5. The second-order valence-corrected chi connectivity index (χ2v) is 4.19. The Hall–Kier alpha value is 0.137. The van der Waals surface area contributed by atoms with Crippen LogP contribution in [0.5, 0.6) is 0 Å². The Balaban J connectivity index is 3.07. The molecule has 0 aromatic carbocycles. The molecule has 0 aliphatic rings. The quantitative estimate of drug-likeness (QED) is 0.537. The van der Waals surface area contributed by atoms with Crippen molar-refractivity contribution in [1.29, 1.82) is 0 Å². The standard InChI is InChI=1S/C5H15N2Si/c1-4-5-8(6-2)7-3/h6-7H,4-5H2,1-3H3. The predicted molar refractivity (Wildman–Crippen MR) is 39.0 cm³/mol. The summed E-state index contributed by atoms with van der Waals surface area (Å²) in [5.41, 5.74) is 0. The molecule has 1 radical (unpaired) electrons. The van der Waals surface area contributed by atoms with Gasteiger partial charge >= 0.3 is 0 Å². The minimum Gasteiger partial charge on any atom is -0.328 e. The van der Waals surface area contributed by atoms with E-state index in [-0.39, 0.29) is 9.12 Å². The number of rotatable bonds is 4. The summed E-state index contributed by atoms with van der Waals surface area (Å²) in [6, 6.07) is 1.30. The van der Waals surface area contributed by atoms with Crippen molar-refractivity contribution in [2.75, 3.05) is 14.1 Å². The summed E-state index contributed by atoms with van der Waals surface area (Å²) in [7, 11) is 3.65. The van der Waals surface area contributed by atoms with Gasteiger partial charge in [0.2, 0.25) is 9.12 Å². The average molecular weight is 131 g/mol. The van der Waals surface area contributed by atoms with E-state index >= 15 is 0 Å². The summed E-state index contributed by atoms with van der Waals surface area (Å²) in [5, 5.41) is 0. The SMILES string of the molecule is CCC[Si](NC)NC. The molecule has 0 aromatic heterocycles. The molecule has 0 heterocycles. The van der Waals surface area contributed by atoms with Gasteiger partial charge in [0.15, 0.2) is 0 Å². The van der Waals surface area contributed by atoms with Crippen molar-refractivity contribution in [3.05, 3.63) is 0 Å². The molecule has 0 bridgehead atoms. The van der Waals surface area contributed by atoms with E-state index in [2.05, 4.69) is 16.9 Å². The molecule has 2 N–H and O–H groups in total. The first kappa shape index (κ1) is 8.14. The second-order valence-electron chi connectivity index (χ2n) is 1.73. The van der Waals surface area contributed by atoms with Crippen LogP contribution in [-0.4, -0.2) is 23.2 Å². The highest BCUT2D eigenvalue weighted by Crippen LogP contribution is 1.87. The van der Waals surface area contributed by atoms with E-state index in [1.165, 1.54) is 12.5 Å². The molecule has 0 atom stereocenters. The fourth-order valence-corrected chi connectivity index (χ4v) is 1.87. The highest BCUT2D eigenvalue weighted by molar-refractivity contribution is 6.52. The highest BCUT2D eigenvalue weighted by atomic mass is 28.3. The van der Waals surface area contributed by atoms with Crippen molar-refractivity contribution < 1.29 is 0 Å². The summed E-state index contributed by atoms with van der Waals surface area (Å²) in [6.07, 6.45) is 1.27. The van der Waals surface area contributed by atoms with Gasteiger partial charge in [-0.1, -0.05) is 13.3 Å². The first-order valence-corrected chi connectivity index (χ1v) is 4.77. The summed E-state index contributed by atoms with van der Waals surface area (Å²) in [6.45, 7) is 2.21. The van der Waals surface area contributed by atoms with E-state index in [1.54, 1.807) is 0 Å². The fraction of sp³-hybridized carbons (Fsp3) is 1.00. The van der Waals surface area contributed by atoms with Gasteiger partial charge in [-0.25, -0.2) is 0 Å². The van der Waals surface area contributed by atoms with Crippen LogP contribution in [0.4, 0.5) is 0 Å². The van der Waals surface area contributed by atoms with Gasteiger partial charge in [-0.15, -0.1) is 0 Å². The molecule has 0 spiro atoms. The van der Waals surface area contributed by atoms with Crippen LogP contribution in [-0.2, 0) is 0 Å². The second kappa shape index (κ2) is 5.28. The molecule has 3 heteroatoms. The van der Waals surface area contributed by atoms with Gasteiger partial charge in [0.25, 0.3) is 0 Å². The first-order valence-electron chi connectivity index (χ1n) is 3.06. The minimum absolute atomic E-state index is 0.374. The van der Waals surface area contributed by atoms with E-state index in [0.717, 1.165) is 0 Å². The Bertz CT molecular complexity index is 45.7. The Morgan fingerprint density at radius 2 is 1.75 bits per heavy atom. The van der Waals surface area contributed by atoms with Crippen LogP contribution in [0.1, 0.15) is 13.3 Å². The van der Waals surface area contributed by atoms with Crippen LogP contribution in [0.3, 0.4) is 0 Å². The Morgan fingerprint density at radius 3 is 1.88 bits per heavy atom. The van der Waals surface area contributed by atoms with E-state index in [0.29, 0.717) is 0 Å². The molecule has 0 fully saturated rings. The smallest absolute Gasteiger partial charge is 0.223 e. The van der Waals surface area contributed by atoms with Crippen LogP contribution < -0.4 is 9.96 Å². The molecule has 0 aliphatic carbocycles. The van der Waals surface area contributed by atoms with Gasteiger partial charge in [0.05, 0.1) is 0 Å². The maximum atomic E-state index is 3.24. The maximum Gasteiger partial charge on any atom is 0.223 e. The molecule has 2 nitrogen and oxygen atoms in total. The third-order valence-electron chi connectivity index (χ3n) is 1.10. The lowest BCUT2D eigenvalue weighted by molar-refractivity contribution is 0.969. The number of hydrogen-bond donors (Lipinski definition) is 2. The van der Waals surface area contributed by atoms with Gasteiger partial charge in [-0.3, -0.25) is 0 Å². The van der Waals surface area contributed by atoms with Gasteiger partial charge in [0, 0.05) is 0 Å². The molecule has 49 valence electrons. The van der Waals surface area contributed by atoms with Crippen molar-refractivity contribution >= 4 is 9.12 Å². The topological polar surface area (TPSA) is 24.1 Å². The van der Waals surface area contributed by atoms with Gasteiger partial charge in [-0.05, 0) is 20.1 Å². The highest BCUT2D eigenvalue weighted by Gasteiger charge is 2.02. The molecule has 8 heavy (non-hydrogen) atoms. The summed E-state index contributed by atoms with van der Waals surface area (Å²) in [5.74, 6) is 0. The van der Waals surface area contributed by atoms with Crippen LogP contribution in [0, 0.1) is 0 Å². The van der Waals surface area contributed by atoms with Crippen molar-refractivity contribution in [3.63, 3.8) is 0 Å². The first-order chi connectivity index (χ1) is 3.85. The third kappa shape index (κ3) is 3.18. The Morgan fingerprint density at radius 1 is 1.25 bits per heavy atom. The van der Waals surface area contributed by atoms with Crippen LogP contribution >= 0.6 is 0 Å². The maximum absolute atomic E-state index is 3.24. The lowest BCUT2D eigenvalue weighted by Crippen LogP contribution is -2.42. The molecule has 0 amide bonds. The molecular weight excluding hydrogens is 116 g/mol. The molecule has 0 saturated heterocycles. The Kier molecular flexibility index (Phi) is 5.37. The average Bonchev–Trinajstić information content (AvgIpc) is 1.83. The zero-order valence-electron chi connectivity index (χ0n) is 5.91. The monoisotopic (exact) mass is 131 g/mol. The zero-order chi connectivity index (χ0) is 6.41. The van der Waals surface area contributed by atoms with Gasteiger partial charge < -0.3 is 9.96 Å². The van der Waals surface area contributed by atoms with Crippen molar-refractivity contribution in [2.24, 2.45) is 0 Å². The van der Waals surface area contributed by atoms with Crippen molar-refractivity contribution in [3.8, 4) is 0 Å². The molecule has 0 unspecified atom stereocenters.